The second-order valence-corrected chi connectivity index (χ2v) is 6.93. The topological polar surface area (TPSA) is 55.8 Å². The van der Waals surface area contributed by atoms with Gasteiger partial charge in [0.15, 0.2) is 6.10 Å². The van der Waals surface area contributed by atoms with Crippen molar-refractivity contribution in [2.24, 2.45) is 5.41 Å². The summed E-state index contributed by atoms with van der Waals surface area (Å²) in [6.45, 7) is 12.0. The highest BCUT2D eigenvalue weighted by atomic mass is 17.2. The number of hydrogen-bond donors (Lipinski definition) is 1. The number of carbonyl (C=O) groups is 1. The maximum atomic E-state index is 11.0. The van der Waals surface area contributed by atoms with Crippen LogP contribution in [0.1, 0.15) is 67.2 Å². The van der Waals surface area contributed by atoms with Gasteiger partial charge in [-0.3, -0.25) is 0 Å². The van der Waals surface area contributed by atoms with Crippen LogP contribution in [0.3, 0.4) is 0 Å². The Morgan fingerprint density at radius 1 is 1.11 bits per heavy atom. The highest BCUT2D eigenvalue weighted by molar-refractivity contribution is 5.72. The van der Waals surface area contributed by atoms with E-state index in [-0.39, 0.29) is 0 Å². The molecule has 0 rings (SSSR count). The minimum Gasteiger partial charge on any atom is -0.479 e. The van der Waals surface area contributed by atoms with Crippen molar-refractivity contribution in [2.75, 3.05) is 0 Å². The van der Waals surface area contributed by atoms with Gasteiger partial charge in [0.2, 0.25) is 0 Å². The van der Waals surface area contributed by atoms with Crippen LogP contribution in [-0.2, 0) is 14.6 Å². The summed E-state index contributed by atoms with van der Waals surface area (Å²) in [5, 5.41) is 9.02. The lowest BCUT2D eigenvalue weighted by Gasteiger charge is -2.21. The van der Waals surface area contributed by atoms with Crippen molar-refractivity contribution in [3.63, 3.8) is 0 Å². The summed E-state index contributed by atoms with van der Waals surface area (Å²) in [4.78, 5) is 21.1. The molecule has 0 bridgehead atoms. The van der Waals surface area contributed by atoms with Crippen LogP contribution in [0.5, 0.6) is 0 Å². The highest BCUT2D eigenvalue weighted by Gasteiger charge is 2.23. The quantitative estimate of drug-likeness (QED) is 0.430. The number of hydrogen-bond acceptors (Lipinski definition) is 3. The van der Waals surface area contributed by atoms with Gasteiger partial charge >= 0.3 is 5.97 Å². The molecule has 1 atom stereocenters. The van der Waals surface area contributed by atoms with E-state index in [1.54, 1.807) is 0 Å². The van der Waals surface area contributed by atoms with Gasteiger partial charge in [-0.25, -0.2) is 14.6 Å². The summed E-state index contributed by atoms with van der Waals surface area (Å²) < 4.78 is 0. The first kappa shape index (κ1) is 17.4. The number of carboxylic acids is 1. The molecule has 4 heteroatoms. The van der Waals surface area contributed by atoms with Gasteiger partial charge < -0.3 is 5.11 Å². The predicted molar refractivity (Wildman–Crippen MR) is 71.3 cm³/mol. The average molecular weight is 260 g/mol. The summed E-state index contributed by atoms with van der Waals surface area (Å²) in [6, 6.07) is 0. The van der Waals surface area contributed by atoms with Crippen molar-refractivity contribution < 1.29 is 19.7 Å². The summed E-state index contributed by atoms with van der Waals surface area (Å²) in [7, 11) is 0. The van der Waals surface area contributed by atoms with E-state index in [1.165, 1.54) is 0 Å². The molecule has 108 valence electrons. The molecule has 0 saturated heterocycles. The van der Waals surface area contributed by atoms with Crippen LogP contribution < -0.4 is 0 Å². The Morgan fingerprint density at radius 3 is 2.06 bits per heavy atom. The predicted octanol–water partition coefficient (Wildman–Crippen LogP) is 3.79. The Bertz CT molecular complexity index is 248. The van der Waals surface area contributed by atoms with E-state index in [2.05, 4.69) is 20.8 Å². The zero-order valence-corrected chi connectivity index (χ0v) is 12.6. The van der Waals surface area contributed by atoms with Crippen LogP contribution in [0, 0.1) is 5.41 Å². The third kappa shape index (κ3) is 10.5. The first-order valence-corrected chi connectivity index (χ1v) is 6.58. The zero-order chi connectivity index (χ0) is 14.4. The van der Waals surface area contributed by atoms with Gasteiger partial charge in [-0.05, 0) is 39.0 Å². The van der Waals surface area contributed by atoms with Crippen molar-refractivity contribution in [2.45, 2.75) is 78.9 Å². The number of aliphatic carboxylic acids is 1. The average Bonchev–Trinajstić information content (AvgIpc) is 2.12. The summed E-state index contributed by atoms with van der Waals surface area (Å²) >= 11 is 0. The van der Waals surface area contributed by atoms with Crippen molar-refractivity contribution in [1.82, 2.24) is 0 Å². The van der Waals surface area contributed by atoms with Crippen LogP contribution in [-0.4, -0.2) is 22.8 Å². The fraction of sp³-hybridized carbons (Fsp3) is 0.929. The normalized spacial score (nSPS) is 14.6. The van der Waals surface area contributed by atoms with Crippen molar-refractivity contribution in [1.29, 1.82) is 0 Å². The van der Waals surface area contributed by atoms with Crippen LogP contribution in [0.15, 0.2) is 0 Å². The molecule has 0 aromatic heterocycles. The summed E-state index contributed by atoms with van der Waals surface area (Å²) in [6.07, 6.45) is 2.54. The molecule has 1 unspecified atom stereocenters. The van der Waals surface area contributed by atoms with Crippen LogP contribution in [0.25, 0.3) is 0 Å². The lowest BCUT2D eigenvalue weighted by molar-refractivity contribution is -0.368. The molecule has 4 nitrogen and oxygen atoms in total. The van der Waals surface area contributed by atoms with Gasteiger partial charge in [0.05, 0.1) is 5.60 Å². The highest BCUT2D eigenvalue weighted by Crippen LogP contribution is 2.23. The molecular weight excluding hydrogens is 232 g/mol. The molecule has 0 heterocycles. The number of rotatable bonds is 7. The monoisotopic (exact) mass is 260 g/mol. The maximum absolute atomic E-state index is 11.0. The standard InChI is InChI=1S/C14H28O4/c1-13(2,3)10-8-7-9-11(12(15)16)17-18-14(4,5)6/h11H,7-10H2,1-6H3,(H,15,16). The second kappa shape index (κ2) is 7.10. The second-order valence-electron chi connectivity index (χ2n) is 6.93. The SMILES string of the molecule is CC(C)(C)CCCCC(OOC(C)(C)C)C(=O)O. The molecule has 0 radical (unpaired) electrons. The molecular formula is C14H28O4. The smallest absolute Gasteiger partial charge is 0.336 e. The lowest BCUT2D eigenvalue weighted by atomic mass is 9.89. The number of unbranched alkanes of at least 4 members (excludes halogenated alkanes) is 1. The van der Waals surface area contributed by atoms with E-state index in [4.69, 9.17) is 14.9 Å². The van der Waals surface area contributed by atoms with E-state index < -0.39 is 17.7 Å². The van der Waals surface area contributed by atoms with Gasteiger partial charge in [0.1, 0.15) is 0 Å². The molecule has 0 spiro atoms. The Balaban J connectivity index is 3.96. The van der Waals surface area contributed by atoms with E-state index >= 15 is 0 Å². The fourth-order valence-corrected chi connectivity index (χ4v) is 1.40. The van der Waals surface area contributed by atoms with Crippen LogP contribution in [0.4, 0.5) is 0 Å². The summed E-state index contributed by atoms with van der Waals surface area (Å²) in [5.41, 5.74) is -0.194. The fourth-order valence-electron chi connectivity index (χ4n) is 1.40. The van der Waals surface area contributed by atoms with Gasteiger partial charge in [-0.2, -0.15) is 0 Å². The summed E-state index contributed by atoms with van der Waals surface area (Å²) in [5.74, 6) is -0.963. The Morgan fingerprint density at radius 2 is 1.67 bits per heavy atom. The Labute approximate surface area is 111 Å². The third-order valence-electron chi connectivity index (χ3n) is 2.33. The van der Waals surface area contributed by atoms with Gasteiger partial charge in [-0.15, -0.1) is 0 Å². The van der Waals surface area contributed by atoms with E-state index in [9.17, 15) is 4.79 Å². The minimum absolute atomic E-state index is 0.293. The van der Waals surface area contributed by atoms with Crippen molar-refractivity contribution >= 4 is 5.97 Å². The van der Waals surface area contributed by atoms with Gasteiger partial charge in [0, 0.05) is 0 Å². The molecule has 0 aromatic carbocycles. The first-order valence-electron chi connectivity index (χ1n) is 6.58. The van der Waals surface area contributed by atoms with E-state index in [0.29, 0.717) is 11.8 Å². The van der Waals surface area contributed by atoms with Gasteiger partial charge in [-0.1, -0.05) is 33.6 Å². The Hall–Kier alpha value is -0.610. The van der Waals surface area contributed by atoms with Crippen molar-refractivity contribution in [3.05, 3.63) is 0 Å². The molecule has 0 fully saturated rings. The Kier molecular flexibility index (Phi) is 6.86. The van der Waals surface area contributed by atoms with Crippen LogP contribution >= 0.6 is 0 Å². The molecule has 18 heavy (non-hydrogen) atoms. The largest absolute Gasteiger partial charge is 0.479 e. The molecule has 0 saturated carbocycles. The molecule has 0 aliphatic rings. The molecule has 0 amide bonds. The third-order valence-corrected chi connectivity index (χ3v) is 2.33. The lowest BCUT2D eigenvalue weighted by Crippen LogP contribution is -2.29. The van der Waals surface area contributed by atoms with Crippen LogP contribution in [0.2, 0.25) is 0 Å². The maximum Gasteiger partial charge on any atom is 0.336 e. The van der Waals surface area contributed by atoms with Gasteiger partial charge in [0.25, 0.3) is 0 Å². The number of carboxylic acid groups (broad SMARTS) is 1. The molecule has 1 N–H and O–H groups in total. The minimum atomic E-state index is -0.963. The first-order chi connectivity index (χ1) is 8.01. The molecule has 0 aliphatic heterocycles. The van der Waals surface area contributed by atoms with E-state index in [0.717, 1.165) is 19.3 Å². The van der Waals surface area contributed by atoms with Crippen molar-refractivity contribution in [3.8, 4) is 0 Å². The molecule has 0 aliphatic carbocycles. The molecule has 0 aromatic rings. The van der Waals surface area contributed by atoms with E-state index in [1.807, 2.05) is 20.8 Å². The zero-order valence-electron chi connectivity index (χ0n) is 12.6.